The molecule has 0 spiro atoms. The van der Waals surface area contributed by atoms with Crippen LogP contribution >= 0.6 is 11.3 Å². The molecule has 3 rings (SSSR count). The van der Waals surface area contributed by atoms with Crippen LogP contribution in [-0.4, -0.2) is 43.4 Å². The summed E-state index contributed by atoms with van der Waals surface area (Å²) in [6, 6.07) is 5.62. The largest absolute Gasteiger partial charge is 0.494 e. The van der Waals surface area contributed by atoms with Gasteiger partial charge in [0.15, 0.2) is 4.80 Å². The molecule has 0 unspecified atom stereocenters. The Morgan fingerprint density at radius 2 is 2.19 bits per heavy atom. The lowest BCUT2D eigenvalue weighted by Gasteiger charge is -2.12. The second-order valence-electron chi connectivity index (χ2n) is 5.54. The molecule has 1 aliphatic heterocycles. The van der Waals surface area contributed by atoms with Crippen molar-refractivity contribution in [3.05, 3.63) is 35.0 Å². The molecule has 1 aromatic carbocycles. The SMILES string of the molecule is CCOc1ccc2c(c1)sc(=NC(=O)C1=COCCO1)n2CCC(=O)OC. The zero-order chi connectivity index (χ0) is 19.2. The van der Waals surface area contributed by atoms with Crippen LogP contribution in [0.4, 0.5) is 0 Å². The minimum Gasteiger partial charge on any atom is -0.494 e. The van der Waals surface area contributed by atoms with Gasteiger partial charge >= 0.3 is 11.9 Å². The fourth-order valence-electron chi connectivity index (χ4n) is 2.54. The number of hydrogen-bond donors (Lipinski definition) is 0. The van der Waals surface area contributed by atoms with Gasteiger partial charge in [-0.2, -0.15) is 4.99 Å². The molecule has 0 fully saturated rings. The minimum absolute atomic E-state index is 0.0632. The van der Waals surface area contributed by atoms with E-state index in [1.165, 1.54) is 24.7 Å². The summed E-state index contributed by atoms with van der Waals surface area (Å²) in [6.45, 7) is 3.51. The van der Waals surface area contributed by atoms with Crippen molar-refractivity contribution in [2.24, 2.45) is 4.99 Å². The van der Waals surface area contributed by atoms with Crippen LogP contribution in [0.1, 0.15) is 13.3 Å². The molecule has 0 aliphatic carbocycles. The van der Waals surface area contributed by atoms with Gasteiger partial charge in [-0.05, 0) is 25.1 Å². The highest BCUT2D eigenvalue weighted by Crippen LogP contribution is 2.24. The third kappa shape index (κ3) is 4.48. The van der Waals surface area contributed by atoms with Crippen molar-refractivity contribution in [1.82, 2.24) is 4.57 Å². The van der Waals surface area contributed by atoms with Crippen LogP contribution in [0.15, 0.2) is 35.2 Å². The molecule has 1 aliphatic rings. The average Bonchev–Trinajstić information content (AvgIpc) is 3.03. The summed E-state index contributed by atoms with van der Waals surface area (Å²) in [5, 5.41) is 0. The first-order chi connectivity index (χ1) is 13.1. The van der Waals surface area contributed by atoms with Crippen molar-refractivity contribution in [3.8, 4) is 5.75 Å². The Morgan fingerprint density at radius 3 is 2.89 bits per heavy atom. The molecule has 2 aromatic rings. The maximum Gasteiger partial charge on any atom is 0.317 e. The quantitative estimate of drug-likeness (QED) is 0.699. The molecule has 1 aromatic heterocycles. The summed E-state index contributed by atoms with van der Waals surface area (Å²) in [4.78, 5) is 28.6. The number of methoxy groups -OCH3 is 1. The number of esters is 1. The van der Waals surface area contributed by atoms with Crippen molar-refractivity contribution < 1.29 is 28.5 Å². The van der Waals surface area contributed by atoms with Gasteiger partial charge in [0.2, 0.25) is 5.76 Å². The molecule has 0 N–H and O–H groups in total. The Hall–Kier alpha value is -2.81. The van der Waals surface area contributed by atoms with E-state index >= 15 is 0 Å². The summed E-state index contributed by atoms with van der Waals surface area (Å²) >= 11 is 1.34. The van der Waals surface area contributed by atoms with Crippen molar-refractivity contribution in [2.75, 3.05) is 26.9 Å². The molecule has 0 saturated carbocycles. The first-order valence-corrected chi connectivity index (χ1v) is 9.30. The topological polar surface area (TPSA) is 88.4 Å². The first kappa shape index (κ1) is 19.0. The third-order valence-electron chi connectivity index (χ3n) is 3.79. The zero-order valence-electron chi connectivity index (χ0n) is 15.1. The Morgan fingerprint density at radius 1 is 1.33 bits per heavy atom. The molecule has 0 saturated heterocycles. The standard InChI is InChI=1S/C18H20N2O6S/c1-3-25-12-4-5-13-15(10-12)27-18(20(13)7-6-16(21)23-2)19-17(22)14-11-24-8-9-26-14/h4-5,10-11H,3,6-9H2,1-2H3. The van der Waals surface area contributed by atoms with Gasteiger partial charge in [0.25, 0.3) is 0 Å². The van der Waals surface area contributed by atoms with Gasteiger partial charge in [-0.1, -0.05) is 11.3 Å². The monoisotopic (exact) mass is 392 g/mol. The van der Waals surface area contributed by atoms with Gasteiger partial charge in [-0.25, -0.2) is 0 Å². The van der Waals surface area contributed by atoms with Crippen LogP contribution < -0.4 is 9.54 Å². The number of benzene rings is 1. The molecule has 0 atom stereocenters. The number of fused-ring (bicyclic) bond motifs is 1. The van der Waals surface area contributed by atoms with E-state index in [1.54, 1.807) is 0 Å². The number of ether oxygens (including phenoxy) is 4. The van der Waals surface area contributed by atoms with E-state index in [0.717, 1.165) is 16.0 Å². The number of nitrogens with zero attached hydrogens (tertiary/aromatic N) is 2. The van der Waals surface area contributed by atoms with E-state index in [2.05, 4.69) is 4.99 Å². The van der Waals surface area contributed by atoms with E-state index in [0.29, 0.717) is 31.2 Å². The summed E-state index contributed by atoms with van der Waals surface area (Å²) < 4.78 is 23.4. The van der Waals surface area contributed by atoms with Crippen LogP contribution in [-0.2, 0) is 30.3 Å². The van der Waals surface area contributed by atoms with Gasteiger partial charge in [0.1, 0.15) is 25.2 Å². The number of aryl methyl sites for hydroxylation is 1. The maximum absolute atomic E-state index is 12.4. The highest BCUT2D eigenvalue weighted by Gasteiger charge is 2.16. The van der Waals surface area contributed by atoms with E-state index < -0.39 is 5.91 Å². The highest BCUT2D eigenvalue weighted by molar-refractivity contribution is 7.16. The fourth-order valence-corrected chi connectivity index (χ4v) is 3.62. The predicted octanol–water partition coefficient (Wildman–Crippen LogP) is 1.98. The summed E-state index contributed by atoms with van der Waals surface area (Å²) in [7, 11) is 1.34. The van der Waals surface area contributed by atoms with Gasteiger partial charge in [0.05, 0.1) is 30.4 Å². The van der Waals surface area contributed by atoms with Gasteiger partial charge in [-0.3, -0.25) is 9.59 Å². The van der Waals surface area contributed by atoms with Gasteiger partial charge in [0, 0.05) is 6.54 Å². The molecule has 8 nitrogen and oxygen atoms in total. The number of amides is 1. The lowest BCUT2D eigenvalue weighted by Crippen LogP contribution is -2.21. The molecule has 2 heterocycles. The zero-order valence-corrected chi connectivity index (χ0v) is 15.9. The lowest BCUT2D eigenvalue weighted by molar-refractivity contribution is -0.140. The Labute approximate surface area is 159 Å². The third-order valence-corrected chi connectivity index (χ3v) is 4.83. The molecule has 1 amide bonds. The minimum atomic E-state index is -0.530. The van der Waals surface area contributed by atoms with Crippen molar-refractivity contribution in [1.29, 1.82) is 0 Å². The summed E-state index contributed by atoms with van der Waals surface area (Å²) in [5.74, 6) is -0.0703. The number of carbonyl (C=O) groups is 2. The number of aromatic nitrogens is 1. The van der Waals surface area contributed by atoms with Gasteiger partial charge < -0.3 is 23.5 Å². The molecule has 0 radical (unpaired) electrons. The summed E-state index contributed by atoms with van der Waals surface area (Å²) in [6.07, 6.45) is 1.44. The van der Waals surface area contributed by atoms with Crippen LogP contribution in [0.5, 0.6) is 5.75 Å². The Bertz CT molecular complexity index is 943. The second kappa shape index (κ2) is 8.72. The normalized spacial score (nSPS) is 14.3. The fraction of sp³-hybridized carbons (Fsp3) is 0.389. The number of rotatable bonds is 6. The number of carbonyl (C=O) groups excluding carboxylic acids is 2. The van der Waals surface area contributed by atoms with Crippen LogP contribution in [0.2, 0.25) is 0 Å². The predicted molar refractivity (Wildman–Crippen MR) is 98.2 cm³/mol. The first-order valence-electron chi connectivity index (χ1n) is 8.49. The molecule has 0 bridgehead atoms. The number of thiazole rings is 1. The molecule has 144 valence electrons. The molecule has 27 heavy (non-hydrogen) atoms. The van der Waals surface area contributed by atoms with Crippen molar-refractivity contribution in [2.45, 2.75) is 19.9 Å². The molecular weight excluding hydrogens is 372 g/mol. The van der Waals surface area contributed by atoms with Crippen LogP contribution in [0.3, 0.4) is 0 Å². The van der Waals surface area contributed by atoms with Crippen LogP contribution in [0, 0.1) is 0 Å². The van der Waals surface area contributed by atoms with Gasteiger partial charge in [-0.15, -0.1) is 0 Å². The van der Waals surface area contributed by atoms with E-state index in [1.807, 2.05) is 29.7 Å². The Balaban J connectivity index is 2.02. The lowest BCUT2D eigenvalue weighted by atomic mass is 10.3. The Kier molecular flexibility index (Phi) is 6.12. The van der Waals surface area contributed by atoms with E-state index in [-0.39, 0.29) is 18.1 Å². The second-order valence-corrected chi connectivity index (χ2v) is 6.55. The molecule has 9 heteroatoms. The van der Waals surface area contributed by atoms with Crippen LogP contribution in [0.25, 0.3) is 10.2 Å². The van der Waals surface area contributed by atoms with Crippen molar-refractivity contribution >= 4 is 33.4 Å². The molecular formula is C18H20N2O6S. The summed E-state index contributed by atoms with van der Waals surface area (Å²) in [5.41, 5.74) is 0.855. The highest BCUT2D eigenvalue weighted by atomic mass is 32.1. The number of hydrogen-bond acceptors (Lipinski definition) is 7. The smallest absolute Gasteiger partial charge is 0.317 e. The van der Waals surface area contributed by atoms with E-state index in [9.17, 15) is 9.59 Å². The van der Waals surface area contributed by atoms with Crippen molar-refractivity contribution in [3.63, 3.8) is 0 Å². The van der Waals surface area contributed by atoms with E-state index in [4.69, 9.17) is 18.9 Å². The maximum atomic E-state index is 12.4. The average molecular weight is 392 g/mol.